The largest absolute Gasteiger partial charge is 0.480 e. The summed E-state index contributed by atoms with van der Waals surface area (Å²) in [4.78, 5) is 35.2. The molecule has 1 unspecified atom stereocenters. The molecule has 7 nitrogen and oxygen atoms in total. The van der Waals surface area contributed by atoms with E-state index >= 15 is 0 Å². The number of hydrogen-bond acceptors (Lipinski definition) is 4. The van der Waals surface area contributed by atoms with Crippen LogP contribution in [0.2, 0.25) is 0 Å². The quantitative estimate of drug-likeness (QED) is 0.584. The number of aliphatic carboxylic acids is 1. The summed E-state index contributed by atoms with van der Waals surface area (Å²) in [5, 5.41) is 14.1. The molecule has 0 aliphatic heterocycles. The molecule has 2 rings (SSSR count). The summed E-state index contributed by atoms with van der Waals surface area (Å²) in [6.07, 6.45) is 0. The standard InChI is InChI=1S/C17H16BrN3O4/c18-10-5-7-11(8-6-10)21-14(22)9-20-16(23)13-4-2-1-3-12(13)15(19)17(24)25/h1-8,15H,9,19H2,(H,20,23)(H,21,22)(H,24,25). The van der Waals surface area contributed by atoms with E-state index in [-0.39, 0.29) is 17.7 Å². The van der Waals surface area contributed by atoms with Gasteiger partial charge < -0.3 is 21.5 Å². The van der Waals surface area contributed by atoms with Gasteiger partial charge in [0.15, 0.2) is 0 Å². The maximum atomic E-state index is 12.2. The molecule has 1 atom stereocenters. The van der Waals surface area contributed by atoms with Crippen LogP contribution < -0.4 is 16.4 Å². The highest BCUT2D eigenvalue weighted by molar-refractivity contribution is 9.10. The molecule has 25 heavy (non-hydrogen) atoms. The van der Waals surface area contributed by atoms with E-state index in [9.17, 15) is 14.4 Å². The van der Waals surface area contributed by atoms with E-state index in [4.69, 9.17) is 10.8 Å². The minimum atomic E-state index is -1.32. The number of carboxylic acids is 1. The fraction of sp³-hybridized carbons (Fsp3) is 0.118. The SMILES string of the molecule is NC(C(=O)O)c1ccccc1C(=O)NCC(=O)Nc1ccc(Br)cc1. The number of amides is 2. The highest BCUT2D eigenvalue weighted by Gasteiger charge is 2.21. The van der Waals surface area contributed by atoms with Gasteiger partial charge in [0, 0.05) is 15.7 Å². The van der Waals surface area contributed by atoms with Crippen LogP contribution in [0.5, 0.6) is 0 Å². The molecule has 0 radical (unpaired) electrons. The molecule has 130 valence electrons. The normalized spacial score (nSPS) is 11.4. The van der Waals surface area contributed by atoms with E-state index in [0.717, 1.165) is 4.47 Å². The molecule has 2 aromatic carbocycles. The van der Waals surface area contributed by atoms with Crippen molar-refractivity contribution in [2.45, 2.75) is 6.04 Å². The topological polar surface area (TPSA) is 122 Å². The van der Waals surface area contributed by atoms with Gasteiger partial charge in [0.25, 0.3) is 5.91 Å². The number of carboxylic acid groups (broad SMARTS) is 1. The fourth-order valence-electron chi connectivity index (χ4n) is 2.10. The van der Waals surface area contributed by atoms with Crippen LogP contribution in [0.1, 0.15) is 22.0 Å². The van der Waals surface area contributed by atoms with Crippen LogP contribution in [0.3, 0.4) is 0 Å². The first-order valence-corrected chi connectivity index (χ1v) is 8.08. The predicted octanol–water partition coefficient (Wildman–Crippen LogP) is 1.90. The van der Waals surface area contributed by atoms with Gasteiger partial charge in [-0.05, 0) is 35.9 Å². The molecule has 0 saturated carbocycles. The number of halogens is 1. The zero-order valence-electron chi connectivity index (χ0n) is 13.0. The smallest absolute Gasteiger partial charge is 0.325 e. The summed E-state index contributed by atoms with van der Waals surface area (Å²) in [6, 6.07) is 11.8. The number of nitrogens with two attached hydrogens (primary N) is 1. The van der Waals surface area contributed by atoms with Crippen molar-refractivity contribution in [3.8, 4) is 0 Å². The van der Waals surface area contributed by atoms with Crippen molar-refractivity contribution in [2.24, 2.45) is 5.73 Å². The third kappa shape index (κ3) is 5.13. The van der Waals surface area contributed by atoms with Crippen LogP contribution in [0, 0.1) is 0 Å². The summed E-state index contributed by atoms with van der Waals surface area (Å²) >= 11 is 3.29. The molecule has 0 heterocycles. The number of hydrogen-bond donors (Lipinski definition) is 4. The predicted molar refractivity (Wildman–Crippen MR) is 96.1 cm³/mol. The van der Waals surface area contributed by atoms with Crippen LogP contribution in [0.15, 0.2) is 53.0 Å². The zero-order chi connectivity index (χ0) is 18.4. The molecular weight excluding hydrogens is 390 g/mol. The Kier molecular flexibility index (Phi) is 6.26. The van der Waals surface area contributed by atoms with Crippen molar-refractivity contribution in [3.05, 3.63) is 64.1 Å². The Labute approximate surface area is 152 Å². The minimum absolute atomic E-state index is 0.119. The van der Waals surface area contributed by atoms with Crippen LogP contribution >= 0.6 is 15.9 Å². The Hall–Kier alpha value is -2.71. The first-order chi connectivity index (χ1) is 11.9. The average molecular weight is 406 g/mol. The lowest BCUT2D eigenvalue weighted by Gasteiger charge is -2.13. The second-order valence-electron chi connectivity index (χ2n) is 5.14. The van der Waals surface area contributed by atoms with Crippen molar-refractivity contribution in [3.63, 3.8) is 0 Å². The Morgan fingerprint density at radius 1 is 1.08 bits per heavy atom. The first-order valence-electron chi connectivity index (χ1n) is 7.29. The fourth-order valence-corrected chi connectivity index (χ4v) is 2.37. The van der Waals surface area contributed by atoms with Crippen molar-refractivity contribution in [1.82, 2.24) is 5.32 Å². The summed E-state index contributed by atoms with van der Waals surface area (Å²) in [6.45, 7) is -0.258. The highest BCUT2D eigenvalue weighted by atomic mass is 79.9. The van der Waals surface area contributed by atoms with Crippen molar-refractivity contribution in [1.29, 1.82) is 0 Å². The lowest BCUT2D eigenvalue weighted by molar-refractivity contribution is -0.138. The summed E-state index contributed by atoms with van der Waals surface area (Å²) in [5.74, 6) is -2.22. The lowest BCUT2D eigenvalue weighted by Crippen LogP contribution is -2.34. The molecular formula is C17H16BrN3O4. The van der Waals surface area contributed by atoms with Gasteiger partial charge in [-0.1, -0.05) is 34.1 Å². The molecule has 2 amide bonds. The van der Waals surface area contributed by atoms with Gasteiger partial charge in [0.2, 0.25) is 5.91 Å². The van der Waals surface area contributed by atoms with E-state index in [1.54, 1.807) is 36.4 Å². The summed E-state index contributed by atoms with van der Waals surface area (Å²) in [5.41, 5.74) is 6.48. The number of benzene rings is 2. The van der Waals surface area contributed by atoms with Gasteiger partial charge in [0.1, 0.15) is 6.04 Å². The molecule has 8 heteroatoms. The van der Waals surface area contributed by atoms with Crippen LogP contribution in [0.4, 0.5) is 5.69 Å². The van der Waals surface area contributed by atoms with Crippen molar-refractivity contribution < 1.29 is 19.5 Å². The van der Waals surface area contributed by atoms with Crippen molar-refractivity contribution >= 4 is 39.4 Å². The second kappa shape index (κ2) is 8.41. The van der Waals surface area contributed by atoms with E-state index in [2.05, 4.69) is 26.6 Å². The average Bonchev–Trinajstić information content (AvgIpc) is 2.61. The molecule has 0 aliphatic carbocycles. The number of rotatable bonds is 6. The van der Waals surface area contributed by atoms with Crippen LogP contribution in [-0.2, 0) is 9.59 Å². The Morgan fingerprint density at radius 2 is 1.72 bits per heavy atom. The number of nitrogens with one attached hydrogen (secondary N) is 2. The molecule has 0 aromatic heterocycles. The third-order valence-electron chi connectivity index (χ3n) is 3.34. The maximum Gasteiger partial charge on any atom is 0.325 e. The van der Waals surface area contributed by atoms with Gasteiger partial charge in [0.05, 0.1) is 6.54 Å². The van der Waals surface area contributed by atoms with Crippen LogP contribution in [0.25, 0.3) is 0 Å². The molecule has 5 N–H and O–H groups in total. The Balaban J connectivity index is 1.99. The monoisotopic (exact) mass is 405 g/mol. The molecule has 0 bridgehead atoms. The third-order valence-corrected chi connectivity index (χ3v) is 3.87. The molecule has 0 fully saturated rings. The second-order valence-corrected chi connectivity index (χ2v) is 6.06. The van der Waals surface area contributed by atoms with Gasteiger partial charge in [-0.15, -0.1) is 0 Å². The summed E-state index contributed by atoms with van der Waals surface area (Å²) < 4.78 is 0.880. The molecule has 0 saturated heterocycles. The van der Waals surface area contributed by atoms with E-state index < -0.39 is 23.8 Å². The van der Waals surface area contributed by atoms with Gasteiger partial charge in [-0.2, -0.15) is 0 Å². The van der Waals surface area contributed by atoms with Crippen molar-refractivity contribution in [2.75, 3.05) is 11.9 Å². The number of carbonyl (C=O) groups is 3. The van der Waals surface area contributed by atoms with E-state index in [1.807, 2.05) is 0 Å². The molecule has 0 aliphatic rings. The zero-order valence-corrected chi connectivity index (χ0v) is 14.6. The van der Waals surface area contributed by atoms with Gasteiger partial charge >= 0.3 is 5.97 Å². The minimum Gasteiger partial charge on any atom is -0.480 e. The number of carbonyl (C=O) groups excluding carboxylic acids is 2. The Morgan fingerprint density at radius 3 is 2.36 bits per heavy atom. The lowest BCUT2D eigenvalue weighted by atomic mass is 10.0. The van der Waals surface area contributed by atoms with Gasteiger partial charge in [-0.25, -0.2) is 0 Å². The maximum absolute atomic E-state index is 12.2. The summed E-state index contributed by atoms with van der Waals surface area (Å²) in [7, 11) is 0. The number of anilines is 1. The van der Waals surface area contributed by atoms with E-state index in [0.29, 0.717) is 5.69 Å². The highest BCUT2D eigenvalue weighted by Crippen LogP contribution is 2.16. The van der Waals surface area contributed by atoms with Gasteiger partial charge in [-0.3, -0.25) is 14.4 Å². The molecule has 0 spiro atoms. The first kappa shape index (κ1) is 18.6. The van der Waals surface area contributed by atoms with E-state index in [1.165, 1.54) is 12.1 Å². The Bertz CT molecular complexity index is 793. The molecule has 2 aromatic rings. The van der Waals surface area contributed by atoms with Crippen LogP contribution in [-0.4, -0.2) is 29.4 Å².